The van der Waals surface area contributed by atoms with E-state index in [2.05, 4.69) is 5.32 Å². The van der Waals surface area contributed by atoms with Gasteiger partial charge in [0.25, 0.3) is 5.91 Å². The summed E-state index contributed by atoms with van der Waals surface area (Å²) in [5.41, 5.74) is 1.47. The number of amides is 1. The molecule has 3 aromatic rings. The van der Waals surface area contributed by atoms with E-state index >= 15 is 0 Å². The summed E-state index contributed by atoms with van der Waals surface area (Å²) in [5, 5.41) is 4.77. The van der Waals surface area contributed by atoms with Crippen LogP contribution in [0.15, 0.2) is 72.8 Å². The van der Waals surface area contributed by atoms with Crippen LogP contribution in [-0.4, -0.2) is 25.1 Å². The van der Waals surface area contributed by atoms with Crippen molar-refractivity contribution >= 4 is 34.4 Å². The van der Waals surface area contributed by atoms with Crippen LogP contribution in [0.2, 0.25) is 0 Å². The number of nitrogens with one attached hydrogen (secondary N) is 1. The number of esters is 1. The van der Waals surface area contributed by atoms with Gasteiger partial charge in [-0.1, -0.05) is 48.5 Å². The summed E-state index contributed by atoms with van der Waals surface area (Å²) < 4.78 is 10.3. The molecule has 0 saturated heterocycles. The lowest BCUT2D eigenvalue weighted by Gasteiger charge is -2.14. The molecule has 5 nitrogen and oxygen atoms in total. The molecule has 1 atom stereocenters. The number of benzene rings is 3. The molecule has 0 spiro atoms. The van der Waals surface area contributed by atoms with Gasteiger partial charge in [-0.05, 0) is 42.1 Å². The topological polar surface area (TPSA) is 64.6 Å². The molecule has 0 unspecified atom stereocenters. The van der Waals surface area contributed by atoms with Gasteiger partial charge in [-0.2, -0.15) is 0 Å². The van der Waals surface area contributed by atoms with Gasteiger partial charge in [0, 0.05) is 17.1 Å². The molecule has 1 amide bonds. The summed E-state index contributed by atoms with van der Waals surface area (Å²) in [6, 6.07) is 20.7. The molecular weight excluding hydrogens is 354 g/mol. The first-order chi connectivity index (χ1) is 13.6. The van der Waals surface area contributed by atoms with Gasteiger partial charge in [0.2, 0.25) is 0 Å². The molecule has 0 aliphatic rings. The van der Waals surface area contributed by atoms with Gasteiger partial charge in [-0.3, -0.25) is 4.79 Å². The zero-order valence-corrected chi connectivity index (χ0v) is 15.7. The second-order valence-corrected chi connectivity index (χ2v) is 6.21. The van der Waals surface area contributed by atoms with E-state index in [9.17, 15) is 9.59 Å². The third-order valence-corrected chi connectivity index (χ3v) is 4.22. The van der Waals surface area contributed by atoms with Gasteiger partial charge in [-0.15, -0.1) is 0 Å². The number of hydrogen-bond acceptors (Lipinski definition) is 4. The van der Waals surface area contributed by atoms with Crippen molar-refractivity contribution in [3.8, 4) is 5.75 Å². The molecule has 0 saturated carbocycles. The molecule has 3 rings (SSSR count). The van der Waals surface area contributed by atoms with E-state index < -0.39 is 12.1 Å². The van der Waals surface area contributed by atoms with Crippen molar-refractivity contribution in [2.75, 3.05) is 12.4 Å². The Bertz CT molecular complexity index is 1020. The second kappa shape index (κ2) is 8.86. The standard InChI is InChI=1S/C23H21NO4/c1-16(28-22(25)14-13-17-7-5-10-19(15-17)27-2)23(26)24-21-12-6-9-18-8-3-4-11-20(18)21/h3-16H,1-2H3,(H,24,26)/b14-13+/t16-/m0/s1. The van der Waals surface area contributed by atoms with Gasteiger partial charge < -0.3 is 14.8 Å². The number of carbonyl (C=O) groups excluding carboxylic acids is 2. The van der Waals surface area contributed by atoms with Crippen molar-refractivity contribution in [1.29, 1.82) is 0 Å². The highest BCUT2D eigenvalue weighted by Gasteiger charge is 2.17. The van der Waals surface area contributed by atoms with Crippen LogP contribution in [0, 0.1) is 0 Å². The third-order valence-electron chi connectivity index (χ3n) is 4.22. The Labute approximate surface area is 163 Å². The lowest BCUT2D eigenvalue weighted by molar-refractivity contribution is -0.148. The number of rotatable bonds is 6. The van der Waals surface area contributed by atoms with E-state index in [1.165, 1.54) is 13.0 Å². The monoisotopic (exact) mass is 375 g/mol. The van der Waals surface area contributed by atoms with Crippen LogP contribution in [0.1, 0.15) is 12.5 Å². The van der Waals surface area contributed by atoms with Crippen LogP contribution >= 0.6 is 0 Å². The van der Waals surface area contributed by atoms with Crippen LogP contribution in [-0.2, 0) is 14.3 Å². The van der Waals surface area contributed by atoms with E-state index in [4.69, 9.17) is 9.47 Å². The summed E-state index contributed by atoms with van der Waals surface area (Å²) in [5.74, 6) is -0.291. The lowest BCUT2D eigenvalue weighted by atomic mass is 10.1. The molecule has 0 radical (unpaired) electrons. The van der Waals surface area contributed by atoms with Crippen LogP contribution in [0.4, 0.5) is 5.69 Å². The van der Waals surface area contributed by atoms with Gasteiger partial charge in [0.05, 0.1) is 7.11 Å². The van der Waals surface area contributed by atoms with Gasteiger partial charge in [-0.25, -0.2) is 4.79 Å². The first-order valence-electron chi connectivity index (χ1n) is 8.88. The fraction of sp³-hybridized carbons (Fsp3) is 0.130. The quantitative estimate of drug-likeness (QED) is 0.511. The highest BCUT2D eigenvalue weighted by atomic mass is 16.5. The van der Waals surface area contributed by atoms with Crippen molar-refractivity contribution in [2.24, 2.45) is 0 Å². The van der Waals surface area contributed by atoms with E-state index in [1.807, 2.05) is 60.7 Å². The van der Waals surface area contributed by atoms with Gasteiger partial charge >= 0.3 is 5.97 Å². The molecule has 0 bridgehead atoms. The molecule has 5 heteroatoms. The minimum Gasteiger partial charge on any atom is -0.497 e. The maximum absolute atomic E-state index is 12.4. The van der Waals surface area contributed by atoms with E-state index in [0.29, 0.717) is 11.4 Å². The maximum atomic E-state index is 12.4. The predicted octanol–water partition coefficient (Wildman–Crippen LogP) is 4.43. The Kier molecular flexibility index (Phi) is 6.07. The molecule has 28 heavy (non-hydrogen) atoms. The molecule has 142 valence electrons. The Morgan fingerprint density at radius 2 is 1.75 bits per heavy atom. The largest absolute Gasteiger partial charge is 0.497 e. The number of carbonyl (C=O) groups is 2. The van der Waals surface area contributed by atoms with E-state index in [0.717, 1.165) is 16.3 Å². The highest BCUT2D eigenvalue weighted by Crippen LogP contribution is 2.23. The molecule has 0 aliphatic carbocycles. The number of methoxy groups -OCH3 is 1. The first-order valence-corrected chi connectivity index (χ1v) is 8.88. The molecular formula is C23H21NO4. The summed E-state index contributed by atoms with van der Waals surface area (Å²) in [7, 11) is 1.58. The number of ether oxygens (including phenoxy) is 2. The minimum atomic E-state index is -0.929. The molecule has 0 aromatic heterocycles. The fourth-order valence-electron chi connectivity index (χ4n) is 2.75. The van der Waals surface area contributed by atoms with Crippen molar-refractivity contribution in [1.82, 2.24) is 0 Å². The van der Waals surface area contributed by atoms with Crippen LogP contribution < -0.4 is 10.1 Å². The smallest absolute Gasteiger partial charge is 0.331 e. The average Bonchev–Trinajstić information content (AvgIpc) is 2.72. The Morgan fingerprint density at radius 1 is 1.00 bits per heavy atom. The van der Waals surface area contributed by atoms with E-state index in [-0.39, 0.29) is 5.91 Å². The molecule has 3 aromatic carbocycles. The molecule has 1 N–H and O–H groups in total. The van der Waals surface area contributed by atoms with Crippen molar-refractivity contribution in [3.63, 3.8) is 0 Å². The summed E-state index contributed by atoms with van der Waals surface area (Å²) in [6.07, 6.45) is 1.97. The third kappa shape index (κ3) is 4.76. The van der Waals surface area contributed by atoms with Gasteiger partial charge in [0.1, 0.15) is 5.75 Å². The minimum absolute atomic E-state index is 0.389. The Hall–Kier alpha value is -3.60. The molecule has 0 aliphatic heterocycles. The summed E-state index contributed by atoms with van der Waals surface area (Å²) >= 11 is 0. The number of hydrogen-bond donors (Lipinski definition) is 1. The lowest BCUT2D eigenvalue weighted by Crippen LogP contribution is -2.29. The van der Waals surface area contributed by atoms with Crippen LogP contribution in [0.3, 0.4) is 0 Å². The summed E-state index contributed by atoms with van der Waals surface area (Å²) in [4.78, 5) is 24.5. The Morgan fingerprint density at radius 3 is 2.57 bits per heavy atom. The average molecular weight is 375 g/mol. The van der Waals surface area contributed by atoms with Crippen LogP contribution in [0.25, 0.3) is 16.8 Å². The first kappa shape index (κ1) is 19.2. The van der Waals surface area contributed by atoms with E-state index in [1.54, 1.807) is 19.3 Å². The number of fused-ring (bicyclic) bond motifs is 1. The molecule has 0 heterocycles. The molecule has 0 fully saturated rings. The normalized spacial score (nSPS) is 11.9. The van der Waals surface area contributed by atoms with Gasteiger partial charge in [0.15, 0.2) is 6.10 Å². The SMILES string of the molecule is COc1cccc(/C=C/C(=O)O[C@@H](C)C(=O)Nc2cccc3ccccc23)c1. The number of anilines is 1. The maximum Gasteiger partial charge on any atom is 0.331 e. The zero-order chi connectivity index (χ0) is 19.9. The Balaban J connectivity index is 1.61. The predicted molar refractivity (Wildman–Crippen MR) is 110 cm³/mol. The zero-order valence-electron chi connectivity index (χ0n) is 15.7. The van der Waals surface area contributed by atoms with Crippen molar-refractivity contribution in [3.05, 3.63) is 78.4 Å². The van der Waals surface area contributed by atoms with Crippen LogP contribution in [0.5, 0.6) is 5.75 Å². The second-order valence-electron chi connectivity index (χ2n) is 6.21. The highest BCUT2D eigenvalue weighted by molar-refractivity contribution is 6.04. The van der Waals surface area contributed by atoms with Crippen molar-refractivity contribution in [2.45, 2.75) is 13.0 Å². The summed E-state index contributed by atoms with van der Waals surface area (Å²) in [6.45, 7) is 1.54. The fourth-order valence-corrected chi connectivity index (χ4v) is 2.75. The van der Waals surface area contributed by atoms with Crippen molar-refractivity contribution < 1.29 is 19.1 Å².